The molecule has 6 heteroatoms. The summed E-state index contributed by atoms with van der Waals surface area (Å²) < 4.78 is 18.6. The predicted molar refractivity (Wildman–Crippen MR) is 86.8 cm³/mol. The smallest absolute Gasteiger partial charge is 0.231 e. The monoisotopic (exact) mass is 334 g/mol. The number of aromatic nitrogens is 1. The van der Waals surface area contributed by atoms with Gasteiger partial charge < -0.3 is 10.1 Å². The minimum Gasteiger partial charge on any atom is -0.381 e. The molecule has 0 atom stereocenters. The van der Waals surface area contributed by atoms with E-state index in [1.165, 1.54) is 23.5 Å². The number of carbonyl (C=O) groups is 1. The minimum atomic E-state index is -0.655. The van der Waals surface area contributed by atoms with Crippen LogP contribution in [0.25, 0.3) is 0 Å². The van der Waals surface area contributed by atoms with Crippen LogP contribution >= 0.6 is 11.3 Å². The molecule has 0 unspecified atom stereocenters. The van der Waals surface area contributed by atoms with Crippen LogP contribution in [-0.4, -0.2) is 24.1 Å². The number of hydrogen-bond donors (Lipinski definition) is 1. The maximum absolute atomic E-state index is 13.2. The summed E-state index contributed by atoms with van der Waals surface area (Å²) in [5.41, 5.74) is 1.15. The molecule has 1 aliphatic heterocycles. The average molecular weight is 334 g/mol. The quantitative estimate of drug-likeness (QED) is 0.935. The molecular weight excluding hydrogens is 315 g/mol. The van der Waals surface area contributed by atoms with Gasteiger partial charge in [0.15, 0.2) is 0 Å². The summed E-state index contributed by atoms with van der Waals surface area (Å²) in [5, 5.41) is 5.85. The standard InChI is InChI=1S/C17H19FN2O2S/c1-12-11-23-15(20-12)10-19-16(21)17(6-8-22-9-7-17)13-2-4-14(18)5-3-13/h2-5,11H,6-10H2,1H3,(H,19,21). The predicted octanol–water partition coefficient (Wildman–Crippen LogP) is 2.96. The Hall–Kier alpha value is -1.79. The van der Waals surface area contributed by atoms with Crippen molar-refractivity contribution in [2.75, 3.05) is 13.2 Å². The Labute approximate surface area is 138 Å². The van der Waals surface area contributed by atoms with Crippen LogP contribution in [0.2, 0.25) is 0 Å². The molecule has 23 heavy (non-hydrogen) atoms. The van der Waals surface area contributed by atoms with Crippen molar-refractivity contribution in [3.8, 4) is 0 Å². The van der Waals surface area contributed by atoms with E-state index in [4.69, 9.17) is 4.74 Å². The van der Waals surface area contributed by atoms with Gasteiger partial charge >= 0.3 is 0 Å². The molecule has 122 valence electrons. The molecule has 3 rings (SSSR count). The van der Waals surface area contributed by atoms with E-state index < -0.39 is 5.41 Å². The normalized spacial score (nSPS) is 17.0. The highest BCUT2D eigenvalue weighted by atomic mass is 32.1. The van der Waals surface area contributed by atoms with Gasteiger partial charge in [0.2, 0.25) is 5.91 Å². The number of hydrogen-bond acceptors (Lipinski definition) is 4. The Morgan fingerprint density at radius 1 is 1.35 bits per heavy atom. The summed E-state index contributed by atoms with van der Waals surface area (Å²) in [6, 6.07) is 6.22. The molecule has 2 aromatic rings. The molecule has 0 spiro atoms. The topological polar surface area (TPSA) is 51.2 Å². The van der Waals surface area contributed by atoms with Crippen LogP contribution in [0.3, 0.4) is 0 Å². The van der Waals surface area contributed by atoms with Crippen molar-refractivity contribution < 1.29 is 13.9 Å². The highest BCUT2D eigenvalue weighted by molar-refractivity contribution is 7.09. The highest BCUT2D eigenvalue weighted by Crippen LogP contribution is 2.35. The summed E-state index contributed by atoms with van der Waals surface area (Å²) in [7, 11) is 0. The van der Waals surface area contributed by atoms with E-state index in [-0.39, 0.29) is 11.7 Å². The number of thiazole rings is 1. The van der Waals surface area contributed by atoms with Crippen molar-refractivity contribution in [1.82, 2.24) is 10.3 Å². The van der Waals surface area contributed by atoms with Gasteiger partial charge in [0.25, 0.3) is 0 Å². The van der Waals surface area contributed by atoms with Gasteiger partial charge in [0.05, 0.1) is 12.0 Å². The molecule has 0 aliphatic carbocycles. The molecule has 1 aliphatic rings. The van der Waals surface area contributed by atoms with E-state index in [1.54, 1.807) is 12.1 Å². The lowest BCUT2D eigenvalue weighted by Crippen LogP contribution is -2.47. The van der Waals surface area contributed by atoms with Gasteiger partial charge in [-0.25, -0.2) is 9.37 Å². The van der Waals surface area contributed by atoms with E-state index >= 15 is 0 Å². The number of rotatable bonds is 4. The minimum absolute atomic E-state index is 0.0414. The molecule has 0 bridgehead atoms. The van der Waals surface area contributed by atoms with Gasteiger partial charge in [0, 0.05) is 24.3 Å². The fourth-order valence-corrected chi connectivity index (χ4v) is 3.66. The van der Waals surface area contributed by atoms with Crippen LogP contribution in [0, 0.1) is 12.7 Å². The van der Waals surface area contributed by atoms with Gasteiger partial charge in [0.1, 0.15) is 10.8 Å². The Kier molecular flexibility index (Phi) is 4.73. The van der Waals surface area contributed by atoms with E-state index in [1.807, 2.05) is 12.3 Å². The van der Waals surface area contributed by atoms with Crippen LogP contribution in [0.5, 0.6) is 0 Å². The number of nitrogens with one attached hydrogen (secondary N) is 1. The second-order valence-corrected chi connectivity index (χ2v) is 6.71. The Morgan fingerprint density at radius 3 is 2.65 bits per heavy atom. The summed E-state index contributed by atoms with van der Waals surface area (Å²) in [5.74, 6) is -0.338. The molecule has 1 saturated heterocycles. The third-order valence-electron chi connectivity index (χ3n) is 4.24. The summed E-state index contributed by atoms with van der Waals surface area (Å²) in [4.78, 5) is 17.3. The molecule has 0 saturated carbocycles. The average Bonchev–Trinajstić information content (AvgIpc) is 2.99. The number of benzene rings is 1. The Balaban J connectivity index is 1.80. The van der Waals surface area contributed by atoms with Crippen LogP contribution in [-0.2, 0) is 21.5 Å². The van der Waals surface area contributed by atoms with Gasteiger partial charge in [-0.1, -0.05) is 12.1 Å². The molecular formula is C17H19FN2O2S. The lowest BCUT2D eigenvalue weighted by molar-refractivity contribution is -0.130. The lowest BCUT2D eigenvalue weighted by Gasteiger charge is -2.36. The summed E-state index contributed by atoms with van der Waals surface area (Å²) in [6.07, 6.45) is 1.20. The third-order valence-corrected chi connectivity index (χ3v) is 5.21. The first-order valence-electron chi connectivity index (χ1n) is 7.63. The van der Waals surface area contributed by atoms with Gasteiger partial charge in [-0.3, -0.25) is 4.79 Å². The third kappa shape index (κ3) is 3.43. The molecule has 1 amide bonds. The van der Waals surface area contributed by atoms with Gasteiger partial charge in [-0.15, -0.1) is 11.3 Å². The zero-order valence-corrected chi connectivity index (χ0v) is 13.8. The maximum atomic E-state index is 13.2. The second-order valence-electron chi connectivity index (χ2n) is 5.77. The first-order valence-corrected chi connectivity index (χ1v) is 8.51. The van der Waals surface area contributed by atoms with Crippen molar-refractivity contribution in [1.29, 1.82) is 0 Å². The molecule has 1 aromatic heterocycles. The summed E-state index contributed by atoms with van der Waals surface area (Å²) >= 11 is 1.53. The van der Waals surface area contributed by atoms with Crippen LogP contribution < -0.4 is 5.32 Å². The van der Waals surface area contributed by atoms with Crippen molar-refractivity contribution in [2.24, 2.45) is 0 Å². The largest absolute Gasteiger partial charge is 0.381 e. The first-order chi connectivity index (χ1) is 11.1. The molecule has 1 aromatic carbocycles. The second kappa shape index (κ2) is 6.76. The first kappa shape index (κ1) is 16.1. The van der Waals surface area contributed by atoms with E-state index in [9.17, 15) is 9.18 Å². The molecule has 1 fully saturated rings. The van der Waals surface area contributed by atoms with E-state index in [0.717, 1.165) is 16.3 Å². The van der Waals surface area contributed by atoms with Crippen molar-refractivity contribution in [3.05, 3.63) is 51.7 Å². The maximum Gasteiger partial charge on any atom is 0.231 e. The number of halogens is 1. The lowest BCUT2D eigenvalue weighted by atomic mass is 9.73. The Bertz CT molecular complexity index is 678. The van der Waals surface area contributed by atoms with Crippen molar-refractivity contribution in [2.45, 2.75) is 31.7 Å². The van der Waals surface area contributed by atoms with Crippen LogP contribution in [0.15, 0.2) is 29.6 Å². The van der Waals surface area contributed by atoms with Gasteiger partial charge in [-0.05, 0) is 37.5 Å². The molecule has 0 radical (unpaired) electrons. The number of amides is 1. The zero-order valence-electron chi connectivity index (χ0n) is 13.0. The Morgan fingerprint density at radius 2 is 2.04 bits per heavy atom. The summed E-state index contributed by atoms with van der Waals surface area (Å²) in [6.45, 7) is 3.41. The van der Waals surface area contributed by atoms with Crippen LogP contribution in [0.1, 0.15) is 29.1 Å². The van der Waals surface area contributed by atoms with Crippen molar-refractivity contribution >= 4 is 17.2 Å². The number of carbonyl (C=O) groups excluding carboxylic acids is 1. The molecule has 1 N–H and O–H groups in total. The van der Waals surface area contributed by atoms with Crippen LogP contribution in [0.4, 0.5) is 4.39 Å². The van der Waals surface area contributed by atoms with E-state index in [0.29, 0.717) is 32.6 Å². The molecule has 2 heterocycles. The number of aryl methyl sites for hydroxylation is 1. The fourth-order valence-electron chi connectivity index (χ4n) is 2.94. The molecule has 4 nitrogen and oxygen atoms in total. The van der Waals surface area contributed by atoms with Gasteiger partial charge in [-0.2, -0.15) is 0 Å². The zero-order chi connectivity index (χ0) is 16.3. The van der Waals surface area contributed by atoms with Crippen molar-refractivity contribution in [3.63, 3.8) is 0 Å². The highest BCUT2D eigenvalue weighted by Gasteiger charge is 2.41. The SMILES string of the molecule is Cc1csc(CNC(=O)C2(c3ccc(F)cc3)CCOCC2)n1. The number of nitrogens with zero attached hydrogens (tertiary/aromatic N) is 1. The number of ether oxygens (including phenoxy) is 1. The van der Waals surface area contributed by atoms with E-state index in [2.05, 4.69) is 10.3 Å². The fraction of sp³-hybridized carbons (Fsp3) is 0.412.